The largest absolute Gasteiger partial charge is 0.501 e. The van der Waals surface area contributed by atoms with E-state index in [1.54, 1.807) is 6.92 Å². The lowest BCUT2D eigenvalue weighted by molar-refractivity contribution is -0.385. The van der Waals surface area contributed by atoms with E-state index in [0.29, 0.717) is 0 Å². The second kappa shape index (κ2) is 9.78. The standard InChI is InChI=1S/C17H17BrClN3O8S/c1-4-21(30-3)31(27,28)10-7-11(18)16(29-2)13(8-10)20-17(24)9-5-12(19)15(23)14(6-9)22(25)26/h5-8,23H,4H2,1-3H3,(H,20,24). The third-order valence-corrected chi connectivity index (χ3v) is 6.65. The topological polar surface area (TPSA) is 148 Å². The van der Waals surface area contributed by atoms with Crippen molar-refractivity contribution in [1.29, 1.82) is 0 Å². The summed E-state index contributed by atoms with van der Waals surface area (Å²) in [6.07, 6.45) is 0. The van der Waals surface area contributed by atoms with Gasteiger partial charge in [-0.15, -0.1) is 0 Å². The number of sulfonamides is 1. The Labute approximate surface area is 190 Å². The van der Waals surface area contributed by atoms with E-state index in [2.05, 4.69) is 21.2 Å². The molecule has 168 valence electrons. The van der Waals surface area contributed by atoms with E-state index >= 15 is 0 Å². The lowest BCUT2D eigenvalue weighted by Crippen LogP contribution is -2.30. The lowest BCUT2D eigenvalue weighted by Gasteiger charge is -2.19. The van der Waals surface area contributed by atoms with Crippen molar-refractivity contribution >= 4 is 54.8 Å². The maximum Gasteiger partial charge on any atom is 0.313 e. The quantitative estimate of drug-likeness (QED) is 0.383. The number of phenolic OH excluding ortho intramolecular Hbond substituents is 1. The average Bonchev–Trinajstić information content (AvgIpc) is 2.70. The number of nitrogens with one attached hydrogen (secondary N) is 1. The highest BCUT2D eigenvalue weighted by Crippen LogP contribution is 2.38. The van der Waals surface area contributed by atoms with Gasteiger partial charge in [0.1, 0.15) is 0 Å². The van der Waals surface area contributed by atoms with Gasteiger partial charge in [-0.2, -0.15) is 0 Å². The minimum absolute atomic E-state index is 0.0276. The van der Waals surface area contributed by atoms with E-state index in [0.717, 1.165) is 22.7 Å². The predicted octanol–water partition coefficient (Wildman–Crippen LogP) is 3.55. The molecule has 0 spiro atoms. The van der Waals surface area contributed by atoms with Crippen LogP contribution in [0.5, 0.6) is 11.5 Å². The minimum atomic E-state index is -4.07. The first-order valence-electron chi connectivity index (χ1n) is 8.40. The van der Waals surface area contributed by atoms with Crippen LogP contribution < -0.4 is 10.1 Å². The van der Waals surface area contributed by atoms with Crippen LogP contribution in [0.2, 0.25) is 5.02 Å². The Morgan fingerprint density at radius 1 is 1.32 bits per heavy atom. The summed E-state index contributed by atoms with van der Waals surface area (Å²) in [6.45, 7) is 1.60. The van der Waals surface area contributed by atoms with Crippen molar-refractivity contribution in [3.8, 4) is 11.5 Å². The molecule has 2 aromatic carbocycles. The van der Waals surface area contributed by atoms with E-state index in [1.807, 2.05) is 0 Å². The molecule has 31 heavy (non-hydrogen) atoms. The summed E-state index contributed by atoms with van der Waals surface area (Å²) in [4.78, 5) is 27.5. The van der Waals surface area contributed by atoms with Gasteiger partial charge in [0.2, 0.25) is 5.75 Å². The fraction of sp³-hybridized carbons (Fsp3) is 0.235. The smallest absolute Gasteiger partial charge is 0.313 e. The monoisotopic (exact) mass is 537 g/mol. The van der Waals surface area contributed by atoms with E-state index in [-0.39, 0.29) is 32.9 Å². The van der Waals surface area contributed by atoms with Crippen LogP contribution in [0.4, 0.5) is 11.4 Å². The van der Waals surface area contributed by atoms with Crippen LogP contribution in [0.1, 0.15) is 17.3 Å². The molecule has 0 saturated carbocycles. The number of carbonyl (C=O) groups excluding carboxylic acids is 1. The molecule has 0 saturated heterocycles. The van der Waals surface area contributed by atoms with E-state index in [9.17, 15) is 28.4 Å². The summed E-state index contributed by atoms with van der Waals surface area (Å²) in [6, 6.07) is 4.29. The molecule has 0 unspecified atom stereocenters. The number of hydroxylamine groups is 1. The molecular weight excluding hydrogens is 522 g/mol. The zero-order valence-electron chi connectivity index (χ0n) is 16.4. The van der Waals surface area contributed by atoms with Crippen molar-refractivity contribution in [3.05, 3.63) is 49.4 Å². The number of hydrogen-bond acceptors (Lipinski definition) is 8. The number of ether oxygens (including phenoxy) is 1. The van der Waals surface area contributed by atoms with Crippen molar-refractivity contribution in [2.45, 2.75) is 11.8 Å². The summed E-state index contributed by atoms with van der Waals surface area (Å²) in [5.74, 6) is -1.54. The van der Waals surface area contributed by atoms with Crippen molar-refractivity contribution in [2.24, 2.45) is 0 Å². The van der Waals surface area contributed by atoms with Gasteiger partial charge >= 0.3 is 5.69 Å². The number of anilines is 1. The number of hydrogen-bond donors (Lipinski definition) is 2. The van der Waals surface area contributed by atoms with Crippen LogP contribution in [0.15, 0.2) is 33.6 Å². The first-order valence-corrected chi connectivity index (χ1v) is 11.0. The fourth-order valence-electron chi connectivity index (χ4n) is 2.58. The van der Waals surface area contributed by atoms with Crippen LogP contribution in [0.25, 0.3) is 0 Å². The first kappa shape index (κ1) is 24.8. The third kappa shape index (κ3) is 5.07. The van der Waals surface area contributed by atoms with Crippen LogP contribution >= 0.6 is 27.5 Å². The van der Waals surface area contributed by atoms with E-state index in [1.165, 1.54) is 20.3 Å². The summed E-state index contributed by atoms with van der Waals surface area (Å²) in [5.41, 5.74) is -1.05. The molecule has 1 amide bonds. The maximum absolute atomic E-state index is 12.8. The van der Waals surface area contributed by atoms with Crippen LogP contribution in [-0.2, 0) is 14.9 Å². The Bertz CT molecular complexity index is 1140. The summed E-state index contributed by atoms with van der Waals surface area (Å²) in [5, 5.41) is 22.8. The Balaban J connectivity index is 2.55. The Hall–Kier alpha value is -2.45. The molecule has 2 aromatic rings. The number of rotatable bonds is 8. The van der Waals surface area contributed by atoms with Crippen LogP contribution in [-0.4, -0.2) is 49.6 Å². The number of methoxy groups -OCH3 is 1. The van der Waals surface area contributed by atoms with Gasteiger partial charge in [0.05, 0.1) is 39.2 Å². The van der Waals surface area contributed by atoms with Crippen molar-refractivity contribution in [2.75, 3.05) is 26.1 Å². The number of aromatic hydroxyl groups is 1. The highest BCUT2D eigenvalue weighted by molar-refractivity contribution is 9.10. The second-order valence-corrected chi connectivity index (χ2v) is 8.92. The second-order valence-electron chi connectivity index (χ2n) is 5.83. The van der Waals surface area contributed by atoms with Crippen molar-refractivity contribution in [3.63, 3.8) is 0 Å². The van der Waals surface area contributed by atoms with Crippen LogP contribution in [0, 0.1) is 10.1 Å². The fourth-order valence-corrected chi connectivity index (χ4v) is 4.87. The minimum Gasteiger partial charge on any atom is -0.501 e. The summed E-state index contributed by atoms with van der Waals surface area (Å²) < 4.78 is 31.7. The van der Waals surface area contributed by atoms with Gasteiger partial charge in [0.25, 0.3) is 15.9 Å². The predicted molar refractivity (Wildman–Crippen MR) is 115 cm³/mol. The maximum atomic E-state index is 12.8. The molecule has 0 heterocycles. The van der Waals surface area contributed by atoms with Gasteiger partial charge in [-0.1, -0.05) is 16.1 Å². The van der Waals surface area contributed by atoms with E-state index < -0.39 is 37.3 Å². The molecule has 0 aliphatic carbocycles. The van der Waals surface area contributed by atoms with Gasteiger partial charge in [0.15, 0.2) is 5.75 Å². The highest BCUT2D eigenvalue weighted by atomic mass is 79.9. The zero-order valence-corrected chi connectivity index (χ0v) is 19.5. The molecule has 2 rings (SSSR count). The molecule has 2 N–H and O–H groups in total. The lowest BCUT2D eigenvalue weighted by atomic mass is 10.1. The average molecular weight is 539 g/mol. The number of nitro groups is 1. The normalized spacial score (nSPS) is 11.4. The molecule has 0 aliphatic heterocycles. The Morgan fingerprint density at radius 2 is 1.97 bits per heavy atom. The van der Waals surface area contributed by atoms with Gasteiger partial charge in [0, 0.05) is 18.2 Å². The molecule has 0 fully saturated rings. The molecule has 0 radical (unpaired) electrons. The number of amides is 1. The third-order valence-electron chi connectivity index (χ3n) is 4.00. The van der Waals surface area contributed by atoms with E-state index in [4.69, 9.17) is 21.2 Å². The zero-order chi connectivity index (χ0) is 23.5. The Morgan fingerprint density at radius 3 is 2.48 bits per heavy atom. The van der Waals surface area contributed by atoms with Crippen molar-refractivity contribution in [1.82, 2.24) is 4.47 Å². The molecule has 14 heteroatoms. The van der Waals surface area contributed by atoms with Gasteiger partial charge in [-0.3, -0.25) is 19.7 Å². The molecule has 0 aromatic heterocycles. The van der Waals surface area contributed by atoms with Gasteiger partial charge in [-0.25, -0.2) is 8.42 Å². The summed E-state index contributed by atoms with van der Waals surface area (Å²) in [7, 11) is -1.57. The number of nitrogens with zero attached hydrogens (tertiary/aromatic N) is 2. The number of carbonyl (C=O) groups is 1. The molecule has 0 bridgehead atoms. The number of phenols is 1. The van der Waals surface area contributed by atoms with Gasteiger partial charge in [-0.05, 0) is 41.1 Å². The SMILES string of the molecule is CCN(OC)S(=O)(=O)c1cc(Br)c(OC)c(NC(=O)c2cc(Cl)c(O)c([N+](=O)[O-])c2)c1. The summed E-state index contributed by atoms with van der Waals surface area (Å²) >= 11 is 8.98. The number of benzene rings is 2. The first-order chi connectivity index (χ1) is 14.5. The molecule has 0 aliphatic rings. The molecular formula is C17H17BrClN3O8S. The van der Waals surface area contributed by atoms with Crippen molar-refractivity contribution < 1.29 is 32.8 Å². The molecule has 0 atom stereocenters. The number of halogens is 2. The van der Waals surface area contributed by atoms with Crippen LogP contribution in [0.3, 0.4) is 0 Å². The highest BCUT2D eigenvalue weighted by Gasteiger charge is 2.27. The molecule has 11 nitrogen and oxygen atoms in total. The number of nitro benzene ring substituents is 1. The van der Waals surface area contributed by atoms with Gasteiger partial charge < -0.3 is 15.2 Å². The Kier molecular flexibility index (Phi) is 7.83.